The van der Waals surface area contributed by atoms with Crippen molar-refractivity contribution in [1.82, 2.24) is 10.2 Å². The molecule has 0 unspecified atom stereocenters. The lowest BCUT2D eigenvalue weighted by atomic mass is 10.7. The predicted molar refractivity (Wildman–Crippen MR) is 43.8 cm³/mol. The van der Waals surface area contributed by atoms with Crippen molar-refractivity contribution in [1.29, 1.82) is 0 Å². The summed E-state index contributed by atoms with van der Waals surface area (Å²) in [7, 11) is 6.04. The van der Waals surface area contributed by atoms with Gasteiger partial charge in [-0.1, -0.05) is 13.8 Å². The maximum atomic E-state index is 2.93. The largest absolute Gasteiger partial charge is 0.320 e. The Bertz CT molecular complexity index is 33.9. The van der Waals surface area contributed by atoms with Gasteiger partial charge in [0.2, 0.25) is 0 Å². The van der Waals surface area contributed by atoms with Crippen LogP contribution in [0.25, 0.3) is 0 Å². The molecule has 0 atom stereocenters. The molecule has 0 heterocycles. The van der Waals surface area contributed by atoms with E-state index in [4.69, 9.17) is 0 Å². The van der Waals surface area contributed by atoms with Gasteiger partial charge in [-0.2, -0.15) is 0 Å². The minimum atomic E-state index is 1.07. The van der Waals surface area contributed by atoms with Crippen LogP contribution in [-0.4, -0.2) is 39.1 Å². The average Bonchev–Trinajstić information content (AvgIpc) is 1.89. The van der Waals surface area contributed by atoms with Gasteiger partial charge in [-0.3, -0.25) is 0 Å². The molecule has 0 aromatic heterocycles. The van der Waals surface area contributed by atoms with Crippen molar-refractivity contribution in [2.24, 2.45) is 0 Å². The first-order valence-corrected chi connectivity index (χ1v) is 3.48. The van der Waals surface area contributed by atoms with Crippen LogP contribution in [0.3, 0.4) is 0 Å². The van der Waals surface area contributed by atoms with Gasteiger partial charge in [-0.25, -0.2) is 0 Å². The van der Waals surface area contributed by atoms with Crippen LogP contribution in [-0.2, 0) is 0 Å². The third kappa shape index (κ3) is 32.6. The van der Waals surface area contributed by atoms with Crippen molar-refractivity contribution in [3.05, 3.63) is 0 Å². The molecule has 9 heavy (non-hydrogen) atoms. The van der Waals surface area contributed by atoms with E-state index in [0.29, 0.717) is 0 Å². The third-order valence-corrected chi connectivity index (χ3v) is 0.986. The molecule has 2 nitrogen and oxygen atoms in total. The summed E-state index contributed by atoms with van der Waals surface area (Å²) in [4.78, 5) is 2.12. The van der Waals surface area contributed by atoms with Crippen molar-refractivity contribution in [3.8, 4) is 0 Å². The predicted octanol–water partition coefficient (Wildman–Crippen LogP) is 0.794. The van der Waals surface area contributed by atoms with E-state index < -0.39 is 0 Å². The lowest BCUT2D eigenvalue weighted by Crippen LogP contribution is -2.08. The van der Waals surface area contributed by atoms with Gasteiger partial charge in [0.15, 0.2) is 0 Å². The van der Waals surface area contributed by atoms with Crippen LogP contribution in [0.5, 0.6) is 0 Å². The molecule has 0 rings (SSSR count). The van der Waals surface area contributed by atoms with E-state index in [1.165, 1.54) is 0 Å². The topological polar surface area (TPSA) is 15.3 Å². The first-order valence-electron chi connectivity index (χ1n) is 3.48. The van der Waals surface area contributed by atoms with E-state index in [9.17, 15) is 0 Å². The molecule has 0 spiro atoms. The zero-order chi connectivity index (χ0) is 7.70. The number of rotatable bonds is 2. The highest BCUT2D eigenvalue weighted by Crippen LogP contribution is 1.63. The van der Waals surface area contributed by atoms with Crippen LogP contribution in [0.15, 0.2) is 0 Å². The molecule has 58 valence electrons. The van der Waals surface area contributed by atoms with Gasteiger partial charge in [-0.15, -0.1) is 0 Å². The lowest BCUT2D eigenvalue weighted by molar-refractivity contribution is 0.434. The van der Waals surface area contributed by atoms with Crippen LogP contribution >= 0.6 is 0 Å². The second-order valence-corrected chi connectivity index (χ2v) is 2.10. The first-order chi connectivity index (χ1) is 4.18. The van der Waals surface area contributed by atoms with E-state index >= 15 is 0 Å². The molecule has 0 aliphatic heterocycles. The van der Waals surface area contributed by atoms with Crippen molar-refractivity contribution in [2.45, 2.75) is 13.8 Å². The second-order valence-electron chi connectivity index (χ2n) is 2.10. The smallest absolute Gasteiger partial charge is 0.00533 e. The van der Waals surface area contributed by atoms with Gasteiger partial charge in [0.1, 0.15) is 0 Å². The fraction of sp³-hybridized carbons (Fsp3) is 1.00. The van der Waals surface area contributed by atoms with Crippen molar-refractivity contribution in [3.63, 3.8) is 0 Å². The van der Waals surface area contributed by atoms with Crippen molar-refractivity contribution in [2.75, 3.05) is 34.2 Å². The third-order valence-electron chi connectivity index (χ3n) is 0.986. The van der Waals surface area contributed by atoms with Gasteiger partial charge in [-0.05, 0) is 34.2 Å². The highest BCUT2D eigenvalue weighted by atomic mass is 15.0. The van der Waals surface area contributed by atoms with Crippen LogP contribution < -0.4 is 5.32 Å². The molecule has 2 heteroatoms. The molecular weight excluding hydrogens is 112 g/mol. The lowest BCUT2D eigenvalue weighted by Gasteiger charge is -2.00. The molecule has 0 aliphatic rings. The average molecular weight is 132 g/mol. The van der Waals surface area contributed by atoms with Gasteiger partial charge >= 0.3 is 0 Å². The first kappa shape index (κ1) is 11.7. The molecule has 0 amide bonds. The summed E-state index contributed by atoms with van der Waals surface area (Å²) in [6.07, 6.45) is 0. The number of nitrogens with one attached hydrogen (secondary N) is 1. The molecule has 0 saturated heterocycles. The summed E-state index contributed by atoms with van der Waals surface area (Å²) in [5.74, 6) is 0. The zero-order valence-corrected chi connectivity index (χ0v) is 7.36. The van der Waals surface area contributed by atoms with Crippen LogP contribution in [0.4, 0.5) is 0 Å². The Morgan fingerprint density at radius 3 is 1.44 bits per heavy atom. The van der Waals surface area contributed by atoms with Crippen LogP contribution in [0.2, 0.25) is 0 Å². The number of hydrogen-bond donors (Lipinski definition) is 1. The normalized spacial score (nSPS) is 8.67. The molecular formula is C7H20N2. The van der Waals surface area contributed by atoms with Crippen LogP contribution in [0.1, 0.15) is 13.8 Å². The SMILES string of the molecule is CCN(C)C.CCNC. The summed E-state index contributed by atoms with van der Waals surface area (Å²) < 4.78 is 0. The highest BCUT2D eigenvalue weighted by molar-refractivity contribution is 4.25. The van der Waals surface area contributed by atoms with Crippen LogP contribution in [0, 0.1) is 0 Å². The summed E-state index contributed by atoms with van der Waals surface area (Å²) in [6.45, 7) is 6.40. The Hall–Kier alpha value is -0.0800. The standard InChI is InChI=1S/C4H11N.C3H9N/c1-4-5(2)3;1-3-4-2/h4H2,1-3H3;4H,3H2,1-2H3. The quantitative estimate of drug-likeness (QED) is 0.597. The van der Waals surface area contributed by atoms with Gasteiger partial charge < -0.3 is 10.2 Å². The number of hydrogen-bond acceptors (Lipinski definition) is 2. The van der Waals surface area contributed by atoms with E-state index in [0.717, 1.165) is 13.1 Å². The highest BCUT2D eigenvalue weighted by Gasteiger charge is 1.72. The fourth-order valence-corrected chi connectivity index (χ4v) is 0. The zero-order valence-electron chi connectivity index (χ0n) is 7.36. The fourth-order valence-electron chi connectivity index (χ4n) is 0. The Morgan fingerprint density at radius 1 is 1.22 bits per heavy atom. The van der Waals surface area contributed by atoms with Gasteiger partial charge in [0.05, 0.1) is 0 Å². The Labute approximate surface area is 59.2 Å². The minimum absolute atomic E-state index is 1.07. The van der Waals surface area contributed by atoms with E-state index in [-0.39, 0.29) is 0 Å². The van der Waals surface area contributed by atoms with E-state index in [1.54, 1.807) is 0 Å². The van der Waals surface area contributed by atoms with Gasteiger partial charge in [0, 0.05) is 0 Å². The molecule has 0 fully saturated rings. The molecule has 0 aliphatic carbocycles. The summed E-state index contributed by atoms with van der Waals surface area (Å²) in [5.41, 5.74) is 0. The molecule has 1 N–H and O–H groups in total. The molecule has 0 aromatic carbocycles. The Morgan fingerprint density at radius 2 is 1.44 bits per heavy atom. The molecule has 0 radical (unpaired) electrons. The maximum absolute atomic E-state index is 2.93. The summed E-state index contributed by atoms with van der Waals surface area (Å²) in [6, 6.07) is 0. The Balaban J connectivity index is 0. The van der Waals surface area contributed by atoms with Crippen molar-refractivity contribution >= 4 is 0 Å². The maximum Gasteiger partial charge on any atom is -0.00533 e. The number of nitrogens with zero attached hydrogens (tertiary/aromatic N) is 1. The Kier molecular flexibility index (Phi) is 14.0. The molecule has 0 bridgehead atoms. The van der Waals surface area contributed by atoms with Gasteiger partial charge in [0.25, 0.3) is 0 Å². The summed E-state index contributed by atoms with van der Waals surface area (Å²) >= 11 is 0. The van der Waals surface area contributed by atoms with E-state index in [2.05, 4.69) is 38.2 Å². The molecule has 0 aromatic rings. The molecule has 0 saturated carbocycles. The minimum Gasteiger partial charge on any atom is -0.320 e. The van der Waals surface area contributed by atoms with Crippen molar-refractivity contribution < 1.29 is 0 Å². The monoisotopic (exact) mass is 132 g/mol. The van der Waals surface area contributed by atoms with E-state index in [1.807, 2.05) is 7.05 Å². The summed E-state index contributed by atoms with van der Waals surface area (Å²) in [5, 5.41) is 2.93. The second kappa shape index (κ2) is 10.8.